The van der Waals surface area contributed by atoms with E-state index in [0.717, 1.165) is 60.6 Å². The summed E-state index contributed by atoms with van der Waals surface area (Å²) in [5, 5.41) is 25.1. The zero-order chi connectivity index (χ0) is 30.0. The Bertz CT molecular complexity index is 1270. The highest BCUT2D eigenvalue weighted by Gasteiger charge is 3.04. The number of hydrogen-bond donors (Lipinski definition) is 4. The molecule has 6 nitrogen and oxygen atoms in total. The Hall–Kier alpha value is -2.64. The van der Waals surface area contributed by atoms with Crippen LogP contribution in [0.2, 0.25) is 0 Å². The molecule has 0 heterocycles. The molecule has 5 aliphatic rings. The van der Waals surface area contributed by atoms with Gasteiger partial charge >= 0.3 is 7.12 Å². The molecule has 7 rings (SSSR count). The van der Waals surface area contributed by atoms with Crippen molar-refractivity contribution in [3.63, 3.8) is 0 Å². The highest BCUT2D eigenvalue weighted by molar-refractivity contribution is 6.43. The lowest BCUT2D eigenvalue weighted by atomic mass is 9.76. The van der Waals surface area contributed by atoms with Crippen molar-refractivity contribution >= 4 is 18.9 Å². The number of aryl methyl sites for hydroxylation is 2. The zero-order valence-corrected chi connectivity index (χ0v) is 25.9. The van der Waals surface area contributed by atoms with Crippen LogP contribution in [0.3, 0.4) is 0 Å². The molecule has 5 aliphatic carbocycles. The highest BCUT2D eigenvalue weighted by Crippen LogP contribution is 3.08. The van der Waals surface area contributed by atoms with E-state index in [1.54, 1.807) is 12.8 Å². The number of unbranched alkanes of at least 4 members (excludes halogenated alkanes) is 1. The van der Waals surface area contributed by atoms with Crippen molar-refractivity contribution in [2.45, 2.75) is 104 Å². The first-order valence-electron chi connectivity index (χ1n) is 16.5. The fraction of sp³-hybridized carbons (Fsp3) is 0.600. The van der Waals surface area contributed by atoms with E-state index in [4.69, 9.17) is 0 Å². The van der Waals surface area contributed by atoms with Crippen LogP contribution in [0.25, 0.3) is 0 Å². The maximum atomic E-state index is 13.3. The summed E-state index contributed by atoms with van der Waals surface area (Å²) < 4.78 is 0. The Balaban J connectivity index is 0.000000400. The second-order valence-corrected chi connectivity index (χ2v) is 12.9. The van der Waals surface area contributed by atoms with Crippen LogP contribution in [0.15, 0.2) is 42.5 Å². The van der Waals surface area contributed by atoms with E-state index >= 15 is 0 Å². The third-order valence-corrected chi connectivity index (χ3v) is 10.5. The van der Waals surface area contributed by atoms with Gasteiger partial charge in [-0.15, -0.1) is 0 Å². The summed E-state index contributed by atoms with van der Waals surface area (Å²) in [7, 11) is -1.62. The van der Waals surface area contributed by atoms with Crippen LogP contribution in [0.4, 0.5) is 0 Å². The molecule has 0 aliphatic heterocycles. The van der Waals surface area contributed by atoms with Gasteiger partial charge in [0.25, 0.3) is 5.91 Å². The first kappa shape index (κ1) is 30.8. The number of rotatable bonds is 10. The Morgan fingerprint density at radius 1 is 1.02 bits per heavy atom. The number of carbonyl (C=O) groups is 2. The van der Waals surface area contributed by atoms with Gasteiger partial charge in [-0.25, -0.2) is 0 Å². The first-order valence-corrected chi connectivity index (χ1v) is 16.5. The highest BCUT2D eigenvalue weighted by atomic mass is 16.4. The maximum absolute atomic E-state index is 13.3. The van der Waals surface area contributed by atoms with Crippen molar-refractivity contribution in [3.8, 4) is 0 Å². The molecule has 7 heteroatoms. The molecule has 0 saturated heterocycles. The summed E-state index contributed by atoms with van der Waals surface area (Å²) in [4.78, 5) is 26.2. The predicted octanol–water partition coefficient (Wildman–Crippen LogP) is 6.21. The third kappa shape index (κ3) is 5.92. The molecule has 0 bridgehead atoms. The third-order valence-electron chi connectivity index (χ3n) is 10.5. The van der Waals surface area contributed by atoms with E-state index < -0.39 is 19.1 Å². The number of benzene rings is 2. The molecular formula is C35H53BN2O4. The topological polar surface area (TPSA) is 98.7 Å². The van der Waals surface area contributed by atoms with Crippen LogP contribution in [0.1, 0.15) is 114 Å². The Morgan fingerprint density at radius 3 is 2.31 bits per heavy atom. The van der Waals surface area contributed by atoms with E-state index in [1.165, 1.54) is 29.2 Å². The molecule has 230 valence electrons. The van der Waals surface area contributed by atoms with Gasteiger partial charge in [-0.2, -0.15) is 0 Å². The molecule has 6 atom stereocenters. The Kier molecular flexibility index (Phi) is 9.48. The smallest absolute Gasteiger partial charge is 0.426 e. The van der Waals surface area contributed by atoms with Crippen molar-refractivity contribution in [2.24, 2.45) is 29.1 Å². The van der Waals surface area contributed by atoms with E-state index in [1.807, 2.05) is 64.1 Å². The van der Waals surface area contributed by atoms with E-state index in [0.29, 0.717) is 12.0 Å². The van der Waals surface area contributed by atoms with Crippen molar-refractivity contribution < 1.29 is 22.5 Å². The molecule has 2 amide bonds. The van der Waals surface area contributed by atoms with Gasteiger partial charge in [0.2, 0.25) is 5.91 Å². The van der Waals surface area contributed by atoms with Crippen LogP contribution >= 0.6 is 0 Å². The first-order chi connectivity index (χ1) is 20.4. The standard InChI is InChI=1S/C26H35BN2O4.C7H8.C2H6.2H2/c1-3-4-15-24(27(32)33)29-25(30)17-23(20-12-7-9-18(2)16-20)28-26(31)22-14-8-11-19-10-5-6-13-21(19)22;1-2-4-6-5-3(1)7(4,5)6;1-2;;/h7-9,11-12,14,16,23-24,32-33H,3-6,10,13,15,17H2,1-2H3,(H,28,31)(H,29,30);3-6H,1-2H2;1-2H3;2*1H/t23?,24-;;;;/m0..../s1. The van der Waals surface area contributed by atoms with Gasteiger partial charge in [-0.1, -0.05) is 75.6 Å². The molecule has 2 aromatic rings. The van der Waals surface area contributed by atoms with Crippen LogP contribution in [-0.4, -0.2) is 34.9 Å². The predicted molar refractivity (Wildman–Crippen MR) is 172 cm³/mol. The SMILES string of the molecule is C1CC2C3C4C1C243.CC.CCCC[C@H](NC(=O)CC(NC(=O)c1cccc2c1CCCC2)c1cccc(C)c1)B(O)O.[HH].[HH]. The average molecular weight is 577 g/mol. The van der Waals surface area contributed by atoms with Gasteiger partial charge in [0.05, 0.1) is 18.4 Å². The fourth-order valence-electron chi connectivity index (χ4n) is 8.35. The summed E-state index contributed by atoms with van der Waals surface area (Å²) in [6, 6.07) is 13.1. The Labute approximate surface area is 255 Å². The minimum atomic E-state index is -1.62. The number of amides is 2. The van der Waals surface area contributed by atoms with Crippen LogP contribution in [-0.2, 0) is 17.6 Å². The van der Waals surface area contributed by atoms with Crippen LogP contribution in [0.5, 0.6) is 0 Å². The van der Waals surface area contributed by atoms with Gasteiger partial charge in [-0.05, 0) is 104 Å². The number of fused-ring (bicyclic) bond motifs is 4. The van der Waals surface area contributed by atoms with Crippen LogP contribution in [0, 0.1) is 36.0 Å². The minimum absolute atomic E-state index is 0. The molecule has 2 aromatic carbocycles. The van der Waals surface area contributed by atoms with Crippen molar-refractivity contribution in [2.75, 3.05) is 0 Å². The molecule has 5 unspecified atom stereocenters. The number of hydrogen-bond acceptors (Lipinski definition) is 4. The van der Waals surface area contributed by atoms with Gasteiger partial charge in [-0.3, -0.25) is 9.59 Å². The average Bonchev–Trinajstić information content (AvgIpc) is 3.95. The van der Waals surface area contributed by atoms with Gasteiger partial charge in [0.1, 0.15) is 0 Å². The molecular weight excluding hydrogens is 523 g/mol. The maximum Gasteiger partial charge on any atom is 0.475 e. The van der Waals surface area contributed by atoms with Gasteiger partial charge in [0.15, 0.2) is 0 Å². The van der Waals surface area contributed by atoms with Crippen molar-refractivity contribution in [1.29, 1.82) is 0 Å². The number of nitrogens with one attached hydrogen (secondary N) is 2. The van der Waals surface area contributed by atoms with Crippen molar-refractivity contribution in [3.05, 3.63) is 70.3 Å². The zero-order valence-electron chi connectivity index (χ0n) is 25.9. The summed E-state index contributed by atoms with van der Waals surface area (Å²) in [5.74, 6) is 4.00. The lowest BCUT2D eigenvalue weighted by Gasteiger charge is -2.24. The van der Waals surface area contributed by atoms with E-state index in [9.17, 15) is 19.6 Å². The molecule has 1 spiro atoms. The fourth-order valence-corrected chi connectivity index (χ4v) is 8.35. The van der Waals surface area contributed by atoms with E-state index in [-0.39, 0.29) is 21.1 Å². The van der Waals surface area contributed by atoms with Gasteiger partial charge in [0, 0.05) is 8.42 Å². The molecule has 0 radical (unpaired) electrons. The summed E-state index contributed by atoms with van der Waals surface area (Å²) >= 11 is 0. The quantitative estimate of drug-likeness (QED) is 0.253. The lowest BCUT2D eigenvalue weighted by molar-refractivity contribution is -0.122. The molecule has 4 fully saturated rings. The molecule has 4 saturated carbocycles. The monoisotopic (exact) mass is 576 g/mol. The summed E-state index contributed by atoms with van der Waals surface area (Å²) in [6.07, 6.45) is 9.49. The van der Waals surface area contributed by atoms with Gasteiger partial charge < -0.3 is 20.7 Å². The number of carbonyl (C=O) groups excluding carboxylic acids is 2. The molecule has 42 heavy (non-hydrogen) atoms. The van der Waals surface area contributed by atoms with Crippen molar-refractivity contribution in [1.82, 2.24) is 10.6 Å². The second-order valence-electron chi connectivity index (χ2n) is 12.9. The molecule has 0 aromatic heterocycles. The Morgan fingerprint density at radius 2 is 1.71 bits per heavy atom. The van der Waals surface area contributed by atoms with Crippen LogP contribution < -0.4 is 10.6 Å². The largest absolute Gasteiger partial charge is 0.475 e. The molecule has 4 N–H and O–H groups in total. The van der Waals surface area contributed by atoms with E-state index in [2.05, 4.69) is 16.7 Å². The summed E-state index contributed by atoms with van der Waals surface area (Å²) in [5.41, 5.74) is 6.01. The normalized spacial score (nSPS) is 27.7. The summed E-state index contributed by atoms with van der Waals surface area (Å²) in [6.45, 7) is 7.98. The lowest BCUT2D eigenvalue weighted by Crippen LogP contribution is -2.47. The second kappa shape index (κ2) is 12.9. The minimum Gasteiger partial charge on any atom is -0.426 e.